The molecule has 0 atom stereocenters. The molecule has 2 aromatic rings. The summed E-state index contributed by atoms with van der Waals surface area (Å²) in [4.78, 5) is 28.0. The summed E-state index contributed by atoms with van der Waals surface area (Å²) in [6.07, 6.45) is 1.66. The van der Waals surface area contributed by atoms with Crippen LogP contribution in [0, 0.1) is 0 Å². The van der Waals surface area contributed by atoms with Crippen molar-refractivity contribution in [2.45, 2.75) is 0 Å². The predicted molar refractivity (Wildman–Crippen MR) is 99.2 cm³/mol. The number of allylic oxidation sites excluding steroid dienone is 1. The third kappa shape index (κ3) is 5.90. The molecule has 0 spiro atoms. The van der Waals surface area contributed by atoms with Crippen LogP contribution >= 0.6 is 34.8 Å². The van der Waals surface area contributed by atoms with Crippen molar-refractivity contribution >= 4 is 59.1 Å². The minimum atomic E-state index is -1.10. The lowest BCUT2D eigenvalue weighted by atomic mass is 10.2. The third-order valence-electron chi connectivity index (χ3n) is 2.82. The van der Waals surface area contributed by atoms with Gasteiger partial charge in [0.25, 0.3) is 5.91 Å². The van der Waals surface area contributed by atoms with E-state index in [0.29, 0.717) is 0 Å². The summed E-state index contributed by atoms with van der Waals surface area (Å²) in [7, 11) is 0. The van der Waals surface area contributed by atoms with Crippen LogP contribution in [0.25, 0.3) is 6.08 Å². The number of halogens is 3. The SMILES string of the molecule is O=C(NC(=O)c1c(Cl)cccc1Cl)O/N=C\C(Cl)=C\c1ccccc1. The summed E-state index contributed by atoms with van der Waals surface area (Å²) < 4.78 is 0. The smallest absolute Gasteiger partial charge is 0.298 e. The van der Waals surface area contributed by atoms with Crippen LogP contribution in [-0.2, 0) is 4.84 Å². The zero-order valence-electron chi connectivity index (χ0n) is 12.6. The molecule has 0 fully saturated rings. The van der Waals surface area contributed by atoms with Gasteiger partial charge >= 0.3 is 6.09 Å². The van der Waals surface area contributed by atoms with Crippen molar-refractivity contribution in [2.24, 2.45) is 5.16 Å². The van der Waals surface area contributed by atoms with Crippen molar-refractivity contribution in [3.63, 3.8) is 0 Å². The molecule has 8 heteroatoms. The van der Waals surface area contributed by atoms with Crippen LogP contribution in [0.5, 0.6) is 0 Å². The van der Waals surface area contributed by atoms with E-state index in [9.17, 15) is 9.59 Å². The van der Waals surface area contributed by atoms with E-state index in [1.807, 2.05) is 35.6 Å². The molecule has 2 amide bonds. The Kier molecular flexibility index (Phi) is 7.01. The molecule has 0 aliphatic carbocycles. The monoisotopic (exact) mass is 396 g/mol. The second kappa shape index (κ2) is 9.22. The summed E-state index contributed by atoms with van der Waals surface area (Å²) in [5, 5.41) is 5.81. The first-order valence-electron chi connectivity index (χ1n) is 6.89. The molecule has 1 N–H and O–H groups in total. The van der Waals surface area contributed by atoms with E-state index in [0.717, 1.165) is 11.8 Å². The molecule has 0 aromatic heterocycles. The van der Waals surface area contributed by atoms with E-state index in [4.69, 9.17) is 34.8 Å². The molecule has 2 rings (SSSR count). The maximum atomic E-state index is 12.0. The first kappa shape index (κ1) is 19.0. The summed E-state index contributed by atoms with van der Waals surface area (Å²) >= 11 is 17.7. The number of rotatable bonds is 4. The zero-order valence-corrected chi connectivity index (χ0v) is 14.8. The van der Waals surface area contributed by atoms with Crippen LogP contribution in [0.4, 0.5) is 4.79 Å². The van der Waals surface area contributed by atoms with Gasteiger partial charge in [-0.3, -0.25) is 14.9 Å². The minimum absolute atomic E-state index is 0.0335. The molecular formula is C17H11Cl3N2O3. The highest BCUT2D eigenvalue weighted by Crippen LogP contribution is 2.23. The van der Waals surface area contributed by atoms with Crippen molar-refractivity contribution in [1.29, 1.82) is 0 Å². The Hall–Kier alpha value is -2.34. The maximum absolute atomic E-state index is 12.0. The molecule has 0 bridgehead atoms. The fourth-order valence-corrected chi connectivity index (χ4v) is 2.50. The number of carbonyl (C=O) groups is 2. The standard InChI is InChI=1S/C17H11Cl3N2O3/c18-12(9-11-5-2-1-3-6-11)10-21-25-17(24)22-16(23)15-13(19)7-4-8-14(15)20/h1-10H,(H,22,23,24)/b12-9-,21-10-. The van der Waals surface area contributed by atoms with E-state index < -0.39 is 12.0 Å². The quantitative estimate of drug-likeness (QED) is 0.442. The molecule has 25 heavy (non-hydrogen) atoms. The zero-order chi connectivity index (χ0) is 18.2. The molecule has 0 saturated carbocycles. The molecule has 0 saturated heterocycles. The van der Waals surface area contributed by atoms with Crippen molar-refractivity contribution in [3.8, 4) is 0 Å². The van der Waals surface area contributed by atoms with Gasteiger partial charge in [-0.05, 0) is 23.8 Å². The van der Waals surface area contributed by atoms with Gasteiger partial charge in [0.05, 0.1) is 26.9 Å². The fraction of sp³-hybridized carbons (Fsp3) is 0. The van der Waals surface area contributed by atoms with Gasteiger partial charge in [-0.2, -0.15) is 0 Å². The van der Waals surface area contributed by atoms with Gasteiger partial charge in [0.1, 0.15) is 0 Å². The highest BCUT2D eigenvalue weighted by atomic mass is 35.5. The van der Waals surface area contributed by atoms with Crippen LogP contribution in [0.2, 0.25) is 10.0 Å². The highest BCUT2D eigenvalue weighted by molar-refractivity contribution is 6.41. The van der Waals surface area contributed by atoms with Crippen molar-refractivity contribution < 1.29 is 14.4 Å². The van der Waals surface area contributed by atoms with Gasteiger partial charge in [-0.15, -0.1) is 0 Å². The van der Waals surface area contributed by atoms with Gasteiger partial charge in [0.2, 0.25) is 0 Å². The topological polar surface area (TPSA) is 67.8 Å². The van der Waals surface area contributed by atoms with E-state index in [1.165, 1.54) is 12.1 Å². The first-order valence-corrected chi connectivity index (χ1v) is 8.02. The van der Waals surface area contributed by atoms with Crippen LogP contribution in [0.15, 0.2) is 58.7 Å². The molecule has 2 aromatic carbocycles. The van der Waals surface area contributed by atoms with Gasteiger partial charge in [0, 0.05) is 0 Å². The number of benzene rings is 2. The summed E-state index contributed by atoms with van der Waals surface area (Å²) in [6.45, 7) is 0. The Labute approximate surface area is 158 Å². The summed E-state index contributed by atoms with van der Waals surface area (Å²) in [5.74, 6) is -0.804. The van der Waals surface area contributed by atoms with Gasteiger partial charge in [0.15, 0.2) is 0 Å². The number of oxime groups is 1. The van der Waals surface area contributed by atoms with Crippen LogP contribution in [0.1, 0.15) is 15.9 Å². The number of imide groups is 1. The molecule has 0 unspecified atom stereocenters. The normalized spacial score (nSPS) is 11.4. The molecule has 0 radical (unpaired) electrons. The Balaban J connectivity index is 1.92. The van der Waals surface area contributed by atoms with Crippen molar-refractivity contribution in [3.05, 3.63) is 74.7 Å². The van der Waals surface area contributed by atoms with E-state index >= 15 is 0 Å². The highest BCUT2D eigenvalue weighted by Gasteiger charge is 2.17. The molecule has 5 nitrogen and oxygen atoms in total. The van der Waals surface area contributed by atoms with Gasteiger partial charge in [-0.25, -0.2) is 4.79 Å². The second-order valence-corrected chi connectivity index (χ2v) is 5.85. The summed E-state index contributed by atoms with van der Waals surface area (Å²) in [6, 6.07) is 13.8. The first-order chi connectivity index (χ1) is 12.0. The molecule has 0 aliphatic heterocycles. The van der Waals surface area contributed by atoms with E-state index in [-0.39, 0.29) is 20.6 Å². The lowest BCUT2D eigenvalue weighted by molar-refractivity contribution is 0.0924. The fourth-order valence-electron chi connectivity index (χ4n) is 1.76. The van der Waals surface area contributed by atoms with Crippen molar-refractivity contribution in [1.82, 2.24) is 5.32 Å². The average molecular weight is 398 g/mol. The average Bonchev–Trinajstić information content (AvgIpc) is 2.55. The Morgan fingerprint density at radius 3 is 2.28 bits per heavy atom. The summed E-state index contributed by atoms with van der Waals surface area (Å²) in [5.41, 5.74) is 0.820. The van der Waals surface area contributed by atoms with Crippen LogP contribution in [0.3, 0.4) is 0 Å². The van der Waals surface area contributed by atoms with E-state index in [1.54, 1.807) is 12.1 Å². The number of hydrogen-bond acceptors (Lipinski definition) is 4. The number of nitrogens with zero attached hydrogens (tertiary/aromatic N) is 1. The molecule has 0 heterocycles. The van der Waals surface area contributed by atoms with Crippen molar-refractivity contribution in [2.75, 3.05) is 0 Å². The lowest BCUT2D eigenvalue weighted by Gasteiger charge is -2.05. The number of amides is 2. The molecule has 0 aliphatic rings. The molecular weight excluding hydrogens is 387 g/mol. The van der Waals surface area contributed by atoms with Crippen LogP contribution in [-0.4, -0.2) is 18.2 Å². The molecule has 128 valence electrons. The Morgan fingerprint density at radius 2 is 1.64 bits per heavy atom. The second-order valence-electron chi connectivity index (χ2n) is 4.60. The third-order valence-corrected chi connectivity index (χ3v) is 3.66. The lowest BCUT2D eigenvalue weighted by Crippen LogP contribution is -2.30. The largest absolute Gasteiger partial charge is 0.440 e. The van der Waals surface area contributed by atoms with Crippen LogP contribution < -0.4 is 5.32 Å². The predicted octanol–water partition coefficient (Wildman–Crippen LogP) is 5.13. The number of hydrogen-bond donors (Lipinski definition) is 1. The van der Waals surface area contributed by atoms with Gasteiger partial charge < -0.3 is 0 Å². The van der Waals surface area contributed by atoms with E-state index in [2.05, 4.69) is 9.99 Å². The van der Waals surface area contributed by atoms with Gasteiger partial charge in [-0.1, -0.05) is 76.4 Å². The maximum Gasteiger partial charge on any atom is 0.440 e. The minimum Gasteiger partial charge on any atom is -0.298 e. The number of nitrogens with one attached hydrogen (secondary N) is 1. The Bertz CT molecular complexity index is 816. The Morgan fingerprint density at radius 1 is 1.00 bits per heavy atom. The number of carbonyl (C=O) groups excluding carboxylic acids is 2.